The number of hydrogen-bond donors (Lipinski definition) is 1. The SMILES string of the molecule is CCCNC(=O)C(Cc1ccccc1)N(Cc1ccc(Br)cc1)C(=O)CN(c1ccc(Br)cc1)S(C)(=O)=O. The van der Waals surface area contributed by atoms with Gasteiger partial charge in [0.2, 0.25) is 21.8 Å². The number of carbonyl (C=O) groups excluding carboxylic acids is 2. The summed E-state index contributed by atoms with van der Waals surface area (Å²) in [5.74, 6) is -0.760. The normalized spacial score (nSPS) is 12.0. The number of benzene rings is 3. The molecule has 0 aliphatic carbocycles. The fourth-order valence-electron chi connectivity index (χ4n) is 3.93. The Morgan fingerprint density at radius 3 is 2.00 bits per heavy atom. The van der Waals surface area contributed by atoms with Gasteiger partial charge in [0.05, 0.1) is 11.9 Å². The molecule has 0 heterocycles. The molecule has 10 heteroatoms. The Bertz CT molecular complexity index is 1320. The molecule has 1 atom stereocenters. The number of hydrogen-bond acceptors (Lipinski definition) is 4. The van der Waals surface area contributed by atoms with Crippen LogP contribution in [-0.4, -0.2) is 50.5 Å². The summed E-state index contributed by atoms with van der Waals surface area (Å²) < 4.78 is 28.3. The first-order valence-corrected chi connectivity index (χ1v) is 15.6. The van der Waals surface area contributed by atoms with Crippen molar-refractivity contribution in [1.29, 1.82) is 0 Å². The third-order valence-corrected chi connectivity index (χ3v) is 8.08. The summed E-state index contributed by atoms with van der Waals surface area (Å²) in [4.78, 5) is 28.9. The molecule has 202 valence electrons. The molecule has 2 amide bonds. The van der Waals surface area contributed by atoms with Gasteiger partial charge >= 0.3 is 0 Å². The van der Waals surface area contributed by atoms with Crippen LogP contribution >= 0.6 is 31.9 Å². The molecule has 0 saturated carbocycles. The van der Waals surface area contributed by atoms with E-state index in [1.807, 2.05) is 61.5 Å². The zero-order valence-corrected chi connectivity index (χ0v) is 25.3. The lowest BCUT2D eigenvalue weighted by Crippen LogP contribution is -2.53. The first-order valence-electron chi connectivity index (χ1n) is 12.2. The highest BCUT2D eigenvalue weighted by Gasteiger charge is 2.32. The molecule has 1 N–H and O–H groups in total. The summed E-state index contributed by atoms with van der Waals surface area (Å²) in [5, 5.41) is 2.93. The largest absolute Gasteiger partial charge is 0.354 e. The first-order chi connectivity index (χ1) is 18.1. The summed E-state index contributed by atoms with van der Waals surface area (Å²) >= 11 is 6.79. The van der Waals surface area contributed by atoms with Crippen molar-refractivity contribution in [3.63, 3.8) is 0 Å². The molecule has 3 rings (SSSR count). The molecule has 0 radical (unpaired) electrons. The summed E-state index contributed by atoms with van der Waals surface area (Å²) in [6, 6.07) is 22.8. The molecule has 38 heavy (non-hydrogen) atoms. The molecule has 7 nitrogen and oxygen atoms in total. The van der Waals surface area contributed by atoms with Crippen molar-refractivity contribution < 1.29 is 18.0 Å². The minimum atomic E-state index is -3.79. The highest BCUT2D eigenvalue weighted by Crippen LogP contribution is 2.23. The third kappa shape index (κ3) is 8.68. The van der Waals surface area contributed by atoms with Gasteiger partial charge in [-0.3, -0.25) is 13.9 Å². The number of sulfonamides is 1. The summed E-state index contributed by atoms with van der Waals surface area (Å²) in [7, 11) is -3.79. The van der Waals surface area contributed by atoms with Crippen molar-refractivity contribution in [2.24, 2.45) is 0 Å². The van der Waals surface area contributed by atoms with E-state index in [-0.39, 0.29) is 18.9 Å². The number of rotatable bonds is 12. The molecule has 0 aromatic heterocycles. The Morgan fingerprint density at radius 1 is 0.868 bits per heavy atom. The van der Waals surface area contributed by atoms with Crippen LogP contribution in [0.2, 0.25) is 0 Å². The number of nitrogens with zero attached hydrogens (tertiary/aromatic N) is 2. The molecule has 3 aromatic rings. The van der Waals surface area contributed by atoms with Crippen LogP contribution in [0.1, 0.15) is 24.5 Å². The maximum absolute atomic E-state index is 13.9. The minimum absolute atomic E-state index is 0.140. The van der Waals surface area contributed by atoms with Crippen LogP contribution in [0, 0.1) is 0 Å². The van der Waals surface area contributed by atoms with E-state index in [4.69, 9.17) is 0 Å². The molecular formula is C28H31Br2N3O4S. The van der Waals surface area contributed by atoms with Crippen molar-refractivity contribution in [2.75, 3.05) is 23.7 Å². The van der Waals surface area contributed by atoms with Gasteiger partial charge in [0.25, 0.3) is 0 Å². The number of halogens is 2. The van der Waals surface area contributed by atoms with E-state index in [1.165, 1.54) is 4.90 Å². The molecule has 1 unspecified atom stereocenters. The topological polar surface area (TPSA) is 86.8 Å². The molecular weight excluding hydrogens is 634 g/mol. The Hall–Kier alpha value is -2.69. The van der Waals surface area contributed by atoms with Crippen LogP contribution < -0.4 is 9.62 Å². The van der Waals surface area contributed by atoms with Gasteiger partial charge in [-0.05, 0) is 53.9 Å². The lowest BCUT2D eigenvalue weighted by Gasteiger charge is -2.33. The Kier molecular flexibility index (Phi) is 10.9. The quantitative estimate of drug-likeness (QED) is 0.291. The highest BCUT2D eigenvalue weighted by atomic mass is 79.9. The van der Waals surface area contributed by atoms with E-state index in [0.717, 1.165) is 37.1 Å². The fraction of sp³-hybridized carbons (Fsp3) is 0.286. The van der Waals surface area contributed by atoms with Crippen LogP contribution in [0.25, 0.3) is 0 Å². The fourth-order valence-corrected chi connectivity index (χ4v) is 5.31. The van der Waals surface area contributed by atoms with Gasteiger partial charge in [-0.25, -0.2) is 8.42 Å². The Morgan fingerprint density at radius 2 is 1.45 bits per heavy atom. The summed E-state index contributed by atoms with van der Waals surface area (Å²) in [6.07, 6.45) is 2.10. The second-order valence-corrected chi connectivity index (χ2v) is 12.6. The molecule has 0 fully saturated rings. The molecule has 0 spiro atoms. The maximum atomic E-state index is 13.9. The van der Waals surface area contributed by atoms with E-state index < -0.39 is 28.5 Å². The first kappa shape index (κ1) is 29.9. The van der Waals surface area contributed by atoms with E-state index in [2.05, 4.69) is 37.2 Å². The molecule has 0 bridgehead atoms. The van der Waals surface area contributed by atoms with Gasteiger partial charge in [0.1, 0.15) is 12.6 Å². The average molecular weight is 665 g/mol. The number of anilines is 1. The maximum Gasteiger partial charge on any atom is 0.244 e. The van der Waals surface area contributed by atoms with Gasteiger partial charge in [-0.1, -0.05) is 81.2 Å². The Balaban J connectivity index is 2.02. The van der Waals surface area contributed by atoms with Crippen molar-refractivity contribution in [3.05, 3.63) is 98.9 Å². The van der Waals surface area contributed by atoms with Crippen LogP contribution in [0.4, 0.5) is 5.69 Å². The minimum Gasteiger partial charge on any atom is -0.354 e. The predicted octanol–water partition coefficient (Wildman–Crippen LogP) is 5.14. The highest BCUT2D eigenvalue weighted by molar-refractivity contribution is 9.10. The smallest absolute Gasteiger partial charge is 0.244 e. The zero-order valence-electron chi connectivity index (χ0n) is 21.3. The van der Waals surface area contributed by atoms with Gasteiger partial charge in [0.15, 0.2) is 0 Å². The summed E-state index contributed by atoms with van der Waals surface area (Å²) in [5.41, 5.74) is 2.07. The van der Waals surface area contributed by atoms with Crippen molar-refractivity contribution >= 4 is 59.4 Å². The van der Waals surface area contributed by atoms with Crippen molar-refractivity contribution in [3.8, 4) is 0 Å². The number of nitrogens with one attached hydrogen (secondary N) is 1. The van der Waals surface area contributed by atoms with E-state index in [9.17, 15) is 18.0 Å². The van der Waals surface area contributed by atoms with Crippen molar-refractivity contribution in [1.82, 2.24) is 10.2 Å². The molecule has 3 aromatic carbocycles. The lowest BCUT2D eigenvalue weighted by atomic mass is 10.0. The number of carbonyl (C=O) groups is 2. The van der Waals surface area contributed by atoms with Gasteiger partial charge in [-0.2, -0.15) is 0 Å². The molecule has 0 aliphatic heterocycles. The summed E-state index contributed by atoms with van der Waals surface area (Å²) in [6.45, 7) is 2.13. The predicted molar refractivity (Wildman–Crippen MR) is 158 cm³/mol. The van der Waals surface area contributed by atoms with Gasteiger partial charge in [0, 0.05) is 28.5 Å². The second-order valence-electron chi connectivity index (χ2n) is 8.89. The van der Waals surface area contributed by atoms with E-state index in [0.29, 0.717) is 12.2 Å². The van der Waals surface area contributed by atoms with Crippen LogP contribution in [0.15, 0.2) is 87.8 Å². The van der Waals surface area contributed by atoms with Gasteiger partial charge < -0.3 is 10.2 Å². The van der Waals surface area contributed by atoms with Gasteiger partial charge in [-0.15, -0.1) is 0 Å². The zero-order chi connectivity index (χ0) is 27.7. The molecule has 0 saturated heterocycles. The average Bonchev–Trinajstić information content (AvgIpc) is 2.89. The van der Waals surface area contributed by atoms with Crippen molar-refractivity contribution in [2.45, 2.75) is 32.4 Å². The van der Waals surface area contributed by atoms with E-state index in [1.54, 1.807) is 24.3 Å². The lowest BCUT2D eigenvalue weighted by molar-refractivity contribution is -0.140. The van der Waals surface area contributed by atoms with Crippen LogP contribution in [0.3, 0.4) is 0 Å². The van der Waals surface area contributed by atoms with Crippen LogP contribution in [-0.2, 0) is 32.6 Å². The Labute approximate surface area is 241 Å². The third-order valence-electron chi connectivity index (χ3n) is 5.88. The van der Waals surface area contributed by atoms with Crippen LogP contribution in [0.5, 0.6) is 0 Å². The second kappa shape index (κ2) is 13.9. The standard InChI is InChI=1S/C28H31Br2N3O4S/c1-3-17-31-28(35)26(18-21-7-5-4-6-8-21)32(19-22-9-11-23(29)12-10-22)27(34)20-33(38(2,36)37)25-15-13-24(30)14-16-25/h4-16,26H,3,17-20H2,1-2H3,(H,31,35). The van der Waals surface area contributed by atoms with E-state index >= 15 is 0 Å². The monoisotopic (exact) mass is 663 g/mol. The number of amides is 2. The molecule has 0 aliphatic rings.